The molecule has 1 aliphatic carbocycles. The van der Waals surface area contributed by atoms with Gasteiger partial charge in [0.2, 0.25) is 0 Å². The van der Waals surface area contributed by atoms with Gasteiger partial charge in [-0.1, -0.05) is 12.1 Å². The molecule has 6 nitrogen and oxygen atoms in total. The number of hydrogen-bond donors (Lipinski definition) is 3. The normalized spacial score (nSPS) is 13.6. The highest BCUT2D eigenvalue weighted by Crippen LogP contribution is 2.20. The molecule has 0 bridgehead atoms. The van der Waals surface area contributed by atoms with Gasteiger partial charge in [-0.15, -0.1) is 0 Å². The summed E-state index contributed by atoms with van der Waals surface area (Å²) < 4.78 is 41.1. The first kappa shape index (κ1) is 18.4. The quantitative estimate of drug-likeness (QED) is 0.749. The maximum absolute atomic E-state index is 13.7. The third-order valence-electron chi connectivity index (χ3n) is 3.98. The van der Waals surface area contributed by atoms with Gasteiger partial charge < -0.3 is 10.6 Å². The molecule has 2 amide bonds. The molecule has 0 spiro atoms. The molecule has 0 aliphatic heterocycles. The zero-order valence-electron chi connectivity index (χ0n) is 14.0. The monoisotopic (exact) mass is 376 g/mol. The second-order valence-corrected chi connectivity index (χ2v) is 5.78. The lowest BCUT2D eigenvalue weighted by Crippen LogP contribution is -2.28. The van der Waals surface area contributed by atoms with Crippen molar-refractivity contribution >= 4 is 17.5 Å². The van der Waals surface area contributed by atoms with Gasteiger partial charge in [-0.05, 0) is 36.6 Å². The average Bonchev–Trinajstić information content (AvgIpc) is 3.09. The molecule has 1 aromatic carbocycles. The van der Waals surface area contributed by atoms with Gasteiger partial charge >= 0.3 is 0 Å². The number of aromatic amines is 1. The highest BCUT2D eigenvalue weighted by Gasteiger charge is 2.21. The van der Waals surface area contributed by atoms with Crippen molar-refractivity contribution < 1.29 is 22.8 Å². The van der Waals surface area contributed by atoms with Crippen LogP contribution < -0.4 is 10.6 Å². The van der Waals surface area contributed by atoms with E-state index in [1.54, 1.807) is 6.08 Å². The van der Waals surface area contributed by atoms with E-state index in [0.29, 0.717) is 18.4 Å². The van der Waals surface area contributed by atoms with Crippen LogP contribution in [0.5, 0.6) is 0 Å². The summed E-state index contributed by atoms with van der Waals surface area (Å²) in [5.74, 6) is -4.17. The van der Waals surface area contributed by atoms with Gasteiger partial charge in [0.15, 0.2) is 0 Å². The first-order valence-electron chi connectivity index (χ1n) is 8.08. The lowest BCUT2D eigenvalue weighted by Gasteiger charge is -2.12. The van der Waals surface area contributed by atoms with Gasteiger partial charge in [-0.2, -0.15) is 5.10 Å². The number of benzene rings is 1. The van der Waals surface area contributed by atoms with Gasteiger partial charge in [0, 0.05) is 6.54 Å². The number of nitrogens with one attached hydrogen (secondary N) is 3. The van der Waals surface area contributed by atoms with Crippen LogP contribution in [-0.2, 0) is 0 Å². The number of hydrogen-bond acceptors (Lipinski definition) is 3. The highest BCUT2D eigenvalue weighted by molar-refractivity contribution is 6.08. The Bertz CT molecular complexity index is 930. The SMILES string of the molecule is O=C(NCC1=C(F)C=CCC1)c1[nH]ncc1NC(=O)c1c(F)cccc1F. The molecule has 27 heavy (non-hydrogen) atoms. The zero-order chi connectivity index (χ0) is 19.4. The van der Waals surface area contributed by atoms with E-state index in [-0.39, 0.29) is 17.9 Å². The number of allylic oxidation sites excluding steroid dienone is 3. The maximum Gasteiger partial charge on any atom is 0.271 e. The Morgan fingerprint density at radius 1 is 1.15 bits per heavy atom. The van der Waals surface area contributed by atoms with Gasteiger partial charge in [-0.3, -0.25) is 14.7 Å². The summed E-state index contributed by atoms with van der Waals surface area (Å²) in [6.45, 7) is -0.0106. The van der Waals surface area contributed by atoms with Gasteiger partial charge in [-0.25, -0.2) is 13.2 Å². The standard InChI is InChI=1S/C18H15F3N4O2/c19-11-5-2-1-4-10(11)8-22-18(27)16-14(9-23-25-16)24-17(26)15-12(20)6-3-7-13(15)21/h2-3,5-7,9H,1,4,8H2,(H,22,27)(H,23,25)(H,24,26). The molecule has 0 radical (unpaired) electrons. The Kier molecular flexibility index (Phi) is 5.39. The molecule has 0 atom stereocenters. The minimum atomic E-state index is -1.06. The van der Waals surface area contributed by atoms with Crippen LogP contribution in [0.25, 0.3) is 0 Å². The number of rotatable bonds is 5. The number of carbonyl (C=O) groups is 2. The number of aromatic nitrogens is 2. The molecular formula is C18H15F3N4O2. The maximum atomic E-state index is 13.7. The van der Waals surface area contributed by atoms with E-state index in [1.165, 1.54) is 6.08 Å². The average molecular weight is 376 g/mol. The van der Waals surface area contributed by atoms with Crippen LogP contribution in [0.2, 0.25) is 0 Å². The smallest absolute Gasteiger partial charge is 0.271 e. The number of anilines is 1. The molecule has 140 valence electrons. The van der Waals surface area contributed by atoms with Crippen LogP contribution >= 0.6 is 0 Å². The van der Waals surface area contributed by atoms with Crippen molar-refractivity contribution in [1.82, 2.24) is 15.5 Å². The Labute approximate surface area is 152 Å². The van der Waals surface area contributed by atoms with Gasteiger partial charge in [0.25, 0.3) is 11.8 Å². The number of carbonyl (C=O) groups excluding carboxylic acids is 2. The highest BCUT2D eigenvalue weighted by atomic mass is 19.1. The van der Waals surface area contributed by atoms with Crippen LogP contribution in [0.15, 0.2) is 47.9 Å². The molecule has 1 aromatic heterocycles. The molecule has 0 saturated carbocycles. The Morgan fingerprint density at radius 2 is 1.89 bits per heavy atom. The molecule has 3 N–H and O–H groups in total. The van der Waals surface area contributed by atoms with E-state index >= 15 is 0 Å². The van der Waals surface area contributed by atoms with Crippen molar-refractivity contribution in [2.24, 2.45) is 0 Å². The third-order valence-corrected chi connectivity index (χ3v) is 3.98. The van der Waals surface area contributed by atoms with Crippen molar-refractivity contribution in [2.45, 2.75) is 12.8 Å². The fraction of sp³-hybridized carbons (Fsp3) is 0.167. The molecule has 1 aliphatic rings. The van der Waals surface area contributed by atoms with Crippen molar-refractivity contribution in [3.8, 4) is 0 Å². The Balaban J connectivity index is 1.71. The van der Waals surface area contributed by atoms with E-state index in [0.717, 1.165) is 24.4 Å². The zero-order valence-corrected chi connectivity index (χ0v) is 14.0. The number of nitrogens with zero attached hydrogens (tertiary/aromatic N) is 1. The third kappa shape index (κ3) is 4.08. The van der Waals surface area contributed by atoms with Crippen LogP contribution in [0.1, 0.15) is 33.7 Å². The number of amides is 2. The fourth-order valence-corrected chi connectivity index (χ4v) is 2.58. The van der Waals surface area contributed by atoms with Crippen LogP contribution in [0.3, 0.4) is 0 Å². The minimum absolute atomic E-state index is 0.0106. The lowest BCUT2D eigenvalue weighted by atomic mass is 10.0. The van der Waals surface area contributed by atoms with Crippen molar-refractivity contribution in [2.75, 3.05) is 11.9 Å². The molecular weight excluding hydrogens is 361 g/mol. The Hall–Kier alpha value is -3.36. The Morgan fingerprint density at radius 3 is 2.59 bits per heavy atom. The lowest BCUT2D eigenvalue weighted by molar-refractivity contribution is 0.0952. The predicted octanol–water partition coefficient (Wildman–Crippen LogP) is 3.24. The largest absolute Gasteiger partial charge is 0.347 e. The summed E-state index contributed by atoms with van der Waals surface area (Å²) in [6, 6.07) is 3.02. The van der Waals surface area contributed by atoms with E-state index in [2.05, 4.69) is 20.8 Å². The molecule has 0 unspecified atom stereocenters. The minimum Gasteiger partial charge on any atom is -0.347 e. The van der Waals surface area contributed by atoms with Crippen LogP contribution in [0.4, 0.5) is 18.9 Å². The molecule has 3 rings (SSSR count). The topological polar surface area (TPSA) is 86.9 Å². The van der Waals surface area contributed by atoms with E-state index in [9.17, 15) is 22.8 Å². The first-order chi connectivity index (χ1) is 13.0. The van der Waals surface area contributed by atoms with E-state index in [1.807, 2.05) is 0 Å². The first-order valence-corrected chi connectivity index (χ1v) is 8.08. The molecule has 2 aromatic rings. The van der Waals surface area contributed by atoms with Crippen molar-refractivity contribution in [3.05, 3.63) is 70.8 Å². The van der Waals surface area contributed by atoms with Crippen LogP contribution in [0, 0.1) is 11.6 Å². The molecule has 0 fully saturated rings. The number of halogens is 3. The number of H-pyrrole nitrogens is 1. The molecule has 0 saturated heterocycles. The van der Waals surface area contributed by atoms with Crippen molar-refractivity contribution in [3.63, 3.8) is 0 Å². The van der Waals surface area contributed by atoms with E-state index < -0.39 is 34.8 Å². The van der Waals surface area contributed by atoms with Gasteiger partial charge in [0.05, 0.1) is 11.9 Å². The summed E-state index contributed by atoms with van der Waals surface area (Å²) in [7, 11) is 0. The second-order valence-electron chi connectivity index (χ2n) is 5.78. The summed E-state index contributed by atoms with van der Waals surface area (Å²) in [6.07, 6.45) is 5.34. The summed E-state index contributed by atoms with van der Waals surface area (Å²) in [5, 5.41) is 10.8. The summed E-state index contributed by atoms with van der Waals surface area (Å²) >= 11 is 0. The van der Waals surface area contributed by atoms with Gasteiger partial charge in [0.1, 0.15) is 28.7 Å². The fourth-order valence-electron chi connectivity index (χ4n) is 2.58. The van der Waals surface area contributed by atoms with Crippen molar-refractivity contribution in [1.29, 1.82) is 0 Å². The second kappa shape index (κ2) is 7.90. The predicted molar refractivity (Wildman–Crippen MR) is 91.7 cm³/mol. The summed E-state index contributed by atoms with van der Waals surface area (Å²) in [4.78, 5) is 24.4. The van der Waals surface area contributed by atoms with E-state index in [4.69, 9.17) is 0 Å². The summed E-state index contributed by atoms with van der Waals surface area (Å²) in [5.41, 5.74) is -0.499. The molecule has 9 heteroatoms. The molecule has 1 heterocycles. The van der Waals surface area contributed by atoms with Crippen LogP contribution in [-0.4, -0.2) is 28.6 Å².